The largest absolute Gasteiger partial charge is 0.361 e. The first-order chi connectivity index (χ1) is 13.3. The van der Waals surface area contributed by atoms with Crippen molar-refractivity contribution < 1.29 is 0 Å². The Morgan fingerprint density at radius 3 is 1.89 bits per heavy atom. The highest BCUT2D eigenvalue weighted by Gasteiger charge is 2.23. The first-order valence-electron chi connectivity index (χ1n) is 8.97. The number of H-pyrrole nitrogens is 2. The second-order valence-electron chi connectivity index (χ2n) is 6.75. The van der Waals surface area contributed by atoms with Crippen LogP contribution in [0.1, 0.15) is 28.2 Å². The topological polar surface area (TPSA) is 55.4 Å². The summed E-state index contributed by atoms with van der Waals surface area (Å²) >= 11 is 0. The molecule has 2 N–H and O–H groups in total. The number of aromatic nitrogens is 2. The number of para-hydroxylation sites is 2. The van der Waals surface area contributed by atoms with Gasteiger partial charge in [-0.15, -0.1) is 0 Å². The van der Waals surface area contributed by atoms with Crippen molar-refractivity contribution in [2.45, 2.75) is 5.92 Å². The van der Waals surface area contributed by atoms with Gasteiger partial charge in [0.1, 0.15) is 0 Å². The molecular weight excluding hydrogens is 330 g/mol. The van der Waals surface area contributed by atoms with E-state index >= 15 is 0 Å². The minimum absolute atomic E-state index is 0.0330. The van der Waals surface area contributed by atoms with Crippen LogP contribution in [0, 0.1) is 11.3 Å². The number of benzene rings is 3. The highest BCUT2D eigenvalue weighted by Crippen LogP contribution is 2.39. The lowest BCUT2D eigenvalue weighted by Gasteiger charge is -2.17. The first-order valence-corrected chi connectivity index (χ1v) is 8.97. The summed E-state index contributed by atoms with van der Waals surface area (Å²) in [5.74, 6) is 0.0330. The summed E-state index contributed by atoms with van der Waals surface area (Å²) in [6.45, 7) is 0. The third-order valence-corrected chi connectivity index (χ3v) is 5.21. The number of aromatic amines is 2. The Morgan fingerprint density at radius 2 is 1.30 bits per heavy atom. The maximum atomic E-state index is 9.39. The molecule has 5 rings (SSSR count). The van der Waals surface area contributed by atoms with Crippen molar-refractivity contribution in [1.82, 2.24) is 9.97 Å². The predicted molar refractivity (Wildman–Crippen MR) is 109 cm³/mol. The average molecular weight is 347 g/mol. The molecule has 0 aliphatic carbocycles. The van der Waals surface area contributed by atoms with E-state index < -0.39 is 0 Å². The maximum absolute atomic E-state index is 9.39. The second-order valence-corrected chi connectivity index (χ2v) is 6.75. The lowest BCUT2D eigenvalue weighted by molar-refractivity contribution is 0.997. The van der Waals surface area contributed by atoms with E-state index in [0.29, 0.717) is 5.56 Å². The van der Waals surface area contributed by atoms with Crippen LogP contribution in [0.2, 0.25) is 0 Å². The van der Waals surface area contributed by atoms with E-state index in [2.05, 4.69) is 70.9 Å². The van der Waals surface area contributed by atoms with Crippen LogP contribution >= 0.6 is 0 Å². The quantitative estimate of drug-likeness (QED) is 0.432. The Balaban J connectivity index is 1.81. The minimum atomic E-state index is 0.0330. The minimum Gasteiger partial charge on any atom is -0.361 e. The Morgan fingerprint density at radius 1 is 0.704 bits per heavy atom. The van der Waals surface area contributed by atoms with Crippen molar-refractivity contribution in [3.8, 4) is 6.07 Å². The van der Waals surface area contributed by atoms with Crippen LogP contribution in [-0.2, 0) is 0 Å². The monoisotopic (exact) mass is 347 g/mol. The molecule has 0 saturated carbocycles. The van der Waals surface area contributed by atoms with Gasteiger partial charge in [0.15, 0.2) is 0 Å². The van der Waals surface area contributed by atoms with Gasteiger partial charge in [-0.1, -0.05) is 48.5 Å². The maximum Gasteiger partial charge on any atom is 0.0991 e. The first kappa shape index (κ1) is 15.5. The Kier molecular flexibility index (Phi) is 3.55. The summed E-state index contributed by atoms with van der Waals surface area (Å²) in [7, 11) is 0. The molecule has 3 nitrogen and oxygen atoms in total. The van der Waals surface area contributed by atoms with Crippen molar-refractivity contribution in [2.24, 2.45) is 0 Å². The predicted octanol–water partition coefficient (Wildman–Crippen LogP) is 5.70. The highest BCUT2D eigenvalue weighted by atomic mass is 14.7. The molecule has 5 aromatic rings. The van der Waals surface area contributed by atoms with Crippen LogP contribution in [0.15, 0.2) is 85.2 Å². The number of hydrogen-bond acceptors (Lipinski definition) is 1. The van der Waals surface area contributed by atoms with Crippen LogP contribution in [0.3, 0.4) is 0 Å². The molecule has 27 heavy (non-hydrogen) atoms. The van der Waals surface area contributed by atoms with Gasteiger partial charge in [0.05, 0.1) is 11.6 Å². The molecule has 2 heterocycles. The third-order valence-electron chi connectivity index (χ3n) is 5.21. The Hall–Kier alpha value is -3.77. The molecule has 2 aromatic heterocycles. The zero-order valence-electron chi connectivity index (χ0n) is 14.6. The molecule has 3 aromatic carbocycles. The van der Waals surface area contributed by atoms with E-state index in [9.17, 15) is 5.26 Å². The summed E-state index contributed by atoms with van der Waals surface area (Å²) in [5.41, 5.74) is 6.46. The SMILES string of the molecule is N#Cc1cccc(C(c2c[nH]c3ccccc23)c2c[nH]c3ccccc23)c1. The number of nitrogens with zero attached hydrogens (tertiary/aromatic N) is 1. The van der Waals surface area contributed by atoms with Crippen LogP contribution in [-0.4, -0.2) is 9.97 Å². The fraction of sp³-hybridized carbons (Fsp3) is 0.0417. The molecule has 0 spiro atoms. The molecule has 0 aliphatic heterocycles. The summed E-state index contributed by atoms with van der Waals surface area (Å²) in [4.78, 5) is 6.80. The fourth-order valence-corrected chi connectivity index (χ4v) is 3.98. The number of nitrogens with one attached hydrogen (secondary N) is 2. The summed E-state index contributed by atoms with van der Waals surface area (Å²) in [6, 6.07) is 26.9. The molecule has 128 valence electrons. The summed E-state index contributed by atoms with van der Waals surface area (Å²) < 4.78 is 0. The van der Waals surface area contributed by atoms with Gasteiger partial charge in [-0.25, -0.2) is 0 Å². The van der Waals surface area contributed by atoms with E-state index in [1.54, 1.807) is 0 Å². The molecule has 0 bridgehead atoms. The molecule has 0 aliphatic rings. The molecule has 0 saturated heterocycles. The fourth-order valence-electron chi connectivity index (χ4n) is 3.98. The van der Waals surface area contributed by atoms with Crippen LogP contribution < -0.4 is 0 Å². The zero-order valence-corrected chi connectivity index (χ0v) is 14.6. The van der Waals surface area contributed by atoms with E-state index in [-0.39, 0.29) is 5.92 Å². The number of rotatable bonds is 3. The van der Waals surface area contributed by atoms with Crippen molar-refractivity contribution in [3.63, 3.8) is 0 Å². The molecule has 0 unspecified atom stereocenters. The van der Waals surface area contributed by atoms with Gasteiger partial charge in [-0.3, -0.25) is 0 Å². The normalized spacial score (nSPS) is 11.3. The van der Waals surface area contributed by atoms with Gasteiger partial charge in [-0.2, -0.15) is 5.26 Å². The third kappa shape index (κ3) is 2.51. The van der Waals surface area contributed by atoms with Gasteiger partial charge >= 0.3 is 0 Å². The van der Waals surface area contributed by atoms with E-state index in [1.807, 2.05) is 30.3 Å². The molecule has 3 heteroatoms. The molecule has 0 atom stereocenters. The number of nitriles is 1. The number of hydrogen-bond donors (Lipinski definition) is 2. The molecule has 0 radical (unpaired) electrons. The summed E-state index contributed by atoms with van der Waals surface area (Å²) in [5, 5.41) is 11.8. The van der Waals surface area contributed by atoms with Crippen molar-refractivity contribution in [3.05, 3.63) is 107 Å². The van der Waals surface area contributed by atoms with Crippen LogP contribution in [0.25, 0.3) is 21.8 Å². The molecular formula is C24H17N3. The smallest absolute Gasteiger partial charge is 0.0991 e. The van der Waals surface area contributed by atoms with E-state index in [1.165, 1.54) is 21.9 Å². The standard InChI is InChI=1S/C24H17N3/c25-13-16-6-5-7-17(12-16)24(20-14-26-22-10-3-1-8-18(20)22)21-15-27-23-11-4-2-9-19(21)23/h1-12,14-15,24,26-27H. The average Bonchev–Trinajstić information content (AvgIpc) is 3.34. The molecule has 0 fully saturated rings. The van der Waals surface area contributed by atoms with E-state index in [4.69, 9.17) is 0 Å². The van der Waals surface area contributed by atoms with Gasteiger partial charge < -0.3 is 9.97 Å². The number of fused-ring (bicyclic) bond motifs is 2. The summed E-state index contributed by atoms with van der Waals surface area (Å²) in [6.07, 6.45) is 4.19. The highest BCUT2D eigenvalue weighted by molar-refractivity contribution is 5.89. The van der Waals surface area contributed by atoms with Gasteiger partial charge in [-0.05, 0) is 41.0 Å². The molecule has 0 amide bonds. The van der Waals surface area contributed by atoms with Gasteiger partial charge in [0, 0.05) is 40.1 Å². The lowest BCUT2D eigenvalue weighted by atomic mass is 9.84. The zero-order chi connectivity index (χ0) is 18.2. The lowest BCUT2D eigenvalue weighted by Crippen LogP contribution is -2.02. The van der Waals surface area contributed by atoms with E-state index in [0.717, 1.165) is 16.6 Å². The van der Waals surface area contributed by atoms with Crippen molar-refractivity contribution in [2.75, 3.05) is 0 Å². The second kappa shape index (κ2) is 6.19. The van der Waals surface area contributed by atoms with Crippen molar-refractivity contribution >= 4 is 21.8 Å². The van der Waals surface area contributed by atoms with Gasteiger partial charge in [0.25, 0.3) is 0 Å². The van der Waals surface area contributed by atoms with Gasteiger partial charge in [0.2, 0.25) is 0 Å². The van der Waals surface area contributed by atoms with Crippen molar-refractivity contribution in [1.29, 1.82) is 5.26 Å². The Bertz CT molecular complexity index is 1230. The Labute approximate surface area is 156 Å². The van der Waals surface area contributed by atoms with Crippen LogP contribution in [0.4, 0.5) is 0 Å². The van der Waals surface area contributed by atoms with Crippen LogP contribution in [0.5, 0.6) is 0 Å².